The highest BCUT2D eigenvalue weighted by atomic mass is 35.5. The largest absolute Gasteiger partial charge is 0.480 e. The molecule has 72 valence electrons. The van der Waals surface area contributed by atoms with E-state index in [0.717, 1.165) is 0 Å². The summed E-state index contributed by atoms with van der Waals surface area (Å²) in [5.74, 6) is -1.06. The van der Waals surface area contributed by atoms with Crippen molar-refractivity contribution in [2.24, 2.45) is 5.73 Å². The summed E-state index contributed by atoms with van der Waals surface area (Å²) in [5, 5.41) is 12.9. The fraction of sp³-hybridized carbons (Fsp3) is 0.429. The van der Waals surface area contributed by atoms with Crippen LogP contribution in [-0.2, 0) is 4.79 Å². The van der Waals surface area contributed by atoms with E-state index in [9.17, 15) is 4.79 Å². The monoisotopic (exact) mass is 203 g/mol. The van der Waals surface area contributed by atoms with E-state index < -0.39 is 18.1 Å². The number of aromatic nitrogens is 2. The lowest BCUT2D eigenvalue weighted by atomic mass is 10.1. The molecule has 6 heteroatoms. The predicted octanol–water partition coefficient (Wildman–Crippen LogP) is 0.509. The van der Waals surface area contributed by atoms with Crippen molar-refractivity contribution in [3.63, 3.8) is 0 Å². The molecule has 1 aromatic rings. The number of hydrogen-bond acceptors (Lipinski definition) is 3. The molecule has 0 saturated carbocycles. The standard InChI is InChI=1S/C7H10ClN3O2/c1-4(6(9)7(12)13)11-3-5(8)2-10-11/h2-4,6H,9H2,1H3,(H,12,13). The first kappa shape index (κ1) is 10.0. The van der Waals surface area contributed by atoms with Gasteiger partial charge in [0.05, 0.1) is 17.3 Å². The molecule has 0 aliphatic rings. The molecule has 0 saturated heterocycles. The average Bonchev–Trinajstić information content (AvgIpc) is 2.49. The number of carboxylic acid groups (broad SMARTS) is 1. The molecule has 0 amide bonds. The van der Waals surface area contributed by atoms with Crippen LogP contribution in [-0.4, -0.2) is 26.9 Å². The first-order valence-electron chi connectivity index (χ1n) is 3.70. The van der Waals surface area contributed by atoms with Crippen LogP contribution in [0.2, 0.25) is 5.02 Å². The number of aliphatic carboxylic acids is 1. The Morgan fingerprint density at radius 2 is 2.46 bits per heavy atom. The molecule has 1 aromatic heterocycles. The van der Waals surface area contributed by atoms with Crippen molar-refractivity contribution in [3.05, 3.63) is 17.4 Å². The number of nitrogens with zero attached hydrogens (tertiary/aromatic N) is 2. The van der Waals surface area contributed by atoms with Gasteiger partial charge in [-0.1, -0.05) is 11.6 Å². The maximum Gasteiger partial charge on any atom is 0.322 e. The van der Waals surface area contributed by atoms with E-state index in [1.165, 1.54) is 17.1 Å². The minimum atomic E-state index is -1.06. The van der Waals surface area contributed by atoms with Gasteiger partial charge in [-0.3, -0.25) is 9.48 Å². The molecule has 1 rings (SSSR count). The van der Waals surface area contributed by atoms with Gasteiger partial charge < -0.3 is 10.8 Å². The summed E-state index contributed by atoms with van der Waals surface area (Å²) in [6.45, 7) is 1.67. The van der Waals surface area contributed by atoms with E-state index in [0.29, 0.717) is 5.02 Å². The zero-order valence-electron chi connectivity index (χ0n) is 7.01. The molecule has 0 aliphatic carbocycles. The molecule has 0 spiro atoms. The minimum absolute atomic E-state index is 0.412. The maximum absolute atomic E-state index is 10.5. The molecule has 3 N–H and O–H groups in total. The van der Waals surface area contributed by atoms with Gasteiger partial charge in [-0.05, 0) is 6.92 Å². The zero-order valence-corrected chi connectivity index (χ0v) is 7.77. The molecule has 5 nitrogen and oxygen atoms in total. The van der Waals surface area contributed by atoms with Gasteiger partial charge in [-0.25, -0.2) is 0 Å². The molecular weight excluding hydrogens is 194 g/mol. The van der Waals surface area contributed by atoms with Crippen molar-refractivity contribution in [1.29, 1.82) is 0 Å². The molecule has 0 aliphatic heterocycles. The molecule has 1 heterocycles. The third-order valence-corrected chi connectivity index (χ3v) is 1.99. The number of halogens is 1. The first-order chi connectivity index (χ1) is 6.02. The lowest BCUT2D eigenvalue weighted by molar-refractivity contribution is -0.139. The summed E-state index contributed by atoms with van der Waals surface area (Å²) in [4.78, 5) is 10.5. The van der Waals surface area contributed by atoms with Gasteiger partial charge in [0.25, 0.3) is 0 Å². The summed E-state index contributed by atoms with van der Waals surface area (Å²) >= 11 is 5.62. The van der Waals surface area contributed by atoms with Crippen molar-refractivity contribution < 1.29 is 9.90 Å². The van der Waals surface area contributed by atoms with Crippen LogP contribution in [0.4, 0.5) is 0 Å². The highest BCUT2D eigenvalue weighted by Crippen LogP contribution is 2.12. The van der Waals surface area contributed by atoms with E-state index in [2.05, 4.69) is 5.10 Å². The van der Waals surface area contributed by atoms with Crippen molar-refractivity contribution in [2.75, 3.05) is 0 Å². The lowest BCUT2D eigenvalue weighted by Gasteiger charge is -2.15. The van der Waals surface area contributed by atoms with Crippen molar-refractivity contribution in [1.82, 2.24) is 9.78 Å². The fourth-order valence-electron chi connectivity index (χ4n) is 0.908. The minimum Gasteiger partial charge on any atom is -0.480 e. The van der Waals surface area contributed by atoms with Gasteiger partial charge in [-0.15, -0.1) is 0 Å². The van der Waals surface area contributed by atoms with Crippen LogP contribution in [0.1, 0.15) is 13.0 Å². The van der Waals surface area contributed by atoms with Gasteiger partial charge >= 0.3 is 5.97 Å². The third kappa shape index (κ3) is 2.19. The summed E-state index contributed by atoms with van der Waals surface area (Å²) < 4.78 is 1.43. The van der Waals surface area contributed by atoms with Crippen molar-refractivity contribution in [3.8, 4) is 0 Å². The Bertz CT molecular complexity index is 312. The van der Waals surface area contributed by atoms with Crippen LogP contribution in [0.3, 0.4) is 0 Å². The topological polar surface area (TPSA) is 81.1 Å². The normalized spacial score (nSPS) is 15.3. The summed E-state index contributed by atoms with van der Waals surface area (Å²) in [6, 6.07) is -1.39. The Morgan fingerprint density at radius 1 is 1.85 bits per heavy atom. The van der Waals surface area contributed by atoms with Crippen LogP contribution < -0.4 is 5.73 Å². The molecule has 2 unspecified atom stereocenters. The second-order valence-electron chi connectivity index (χ2n) is 2.74. The Hall–Kier alpha value is -1.07. The number of nitrogens with two attached hydrogens (primary N) is 1. The fourth-order valence-corrected chi connectivity index (χ4v) is 1.05. The van der Waals surface area contributed by atoms with E-state index >= 15 is 0 Å². The number of hydrogen-bond donors (Lipinski definition) is 2. The number of carboxylic acids is 1. The highest BCUT2D eigenvalue weighted by molar-refractivity contribution is 6.30. The zero-order chi connectivity index (χ0) is 10.0. The van der Waals surface area contributed by atoms with E-state index in [1.807, 2.05) is 0 Å². The Balaban J connectivity index is 2.78. The predicted molar refractivity (Wildman–Crippen MR) is 47.6 cm³/mol. The summed E-state index contributed by atoms with van der Waals surface area (Å²) in [7, 11) is 0. The van der Waals surface area contributed by atoms with Crippen LogP contribution in [0.5, 0.6) is 0 Å². The second-order valence-corrected chi connectivity index (χ2v) is 3.18. The maximum atomic E-state index is 10.5. The van der Waals surface area contributed by atoms with E-state index in [-0.39, 0.29) is 0 Å². The molecule has 0 fully saturated rings. The molecular formula is C7H10ClN3O2. The molecule has 0 bridgehead atoms. The van der Waals surface area contributed by atoms with Crippen LogP contribution in [0, 0.1) is 0 Å². The smallest absolute Gasteiger partial charge is 0.322 e. The average molecular weight is 204 g/mol. The third-order valence-electron chi connectivity index (χ3n) is 1.79. The summed E-state index contributed by atoms with van der Waals surface area (Å²) in [6.07, 6.45) is 2.97. The first-order valence-corrected chi connectivity index (χ1v) is 4.08. The van der Waals surface area contributed by atoms with Crippen LogP contribution in [0.15, 0.2) is 12.4 Å². The molecule has 0 aromatic carbocycles. The van der Waals surface area contributed by atoms with Gasteiger partial charge in [0, 0.05) is 6.20 Å². The Labute approximate surface area is 80.1 Å². The van der Waals surface area contributed by atoms with Gasteiger partial charge in [0.2, 0.25) is 0 Å². The van der Waals surface area contributed by atoms with E-state index in [1.54, 1.807) is 6.92 Å². The van der Waals surface area contributed by atoms with E-state index in [4.69, 9.17) is 22.4 Å². The van der Waals surface area contributed by atoms with Crippen molar-refractivity contribution >= 4 is 17.6 Å². The quantitative estimate of drug-likeness (QED) is 0.750. The van der Waals surface area contributed by atoms with Gasteiger partial charge in [-0.2, -0.15) is 5.10 Å². The number of rotatable bonds is 3. The van der Waals surface area contributed by atoms with Crippen molar-refractivity contribution in [2.45, 2.75) is 19.0 Å². The SMILES string of the molecule is CC(C(N)C(=O)O)n1cc(Cl)cn1. The highest BCUT2D eigenvalue weighted by Gasteiger charge is 2.21. The molecule has 0 radical (unpaired) electrons. The second kappa shape index (κ2) is 3.76. The van der Waals surface area contributed by atoms with Crippen LogP contribution >= 0.6 is 11.6 Å². The van der Waals surface area contributed by atoms with Gasteiger partial charge in [0.15, 0.2) is 0 Å². The Morgan fingerprint density at radius 3 is 2.85 bits per heavy atom. The molecule has 2 atom stereocenters. The Kier molecular flexibility index (Phi) is 2.90. The molecule has 13 heavy (non-hydrogen) atoms. The lowest BCUT2D eigenvalue weighted by Crippen LogP contribution is -2.38. The number of carbonyl (C=O) groups is 1. The van der Waals surface area contributed by atoms with Gasteiger partial charge in [0.1, 0.15) is 6.04 Å². The van der Waals surface area contributed by atoms with Crippen LogP contribution in [0.25, 0.3) is 0 Å². The summed E-state index contributed by atoms with van der Waals surface area (Å²) in [5.41, 5.74) is 5.40.